The number of hydrogen-bond acceptors (Lipinski definition) is 2. The molecule has 0 aromatic heterocycles. The highest BCUT2D eigenvalue weighted by Crippen LogP contribution is 2.34. The van der Waals surface area contributed by atoms with Crippen LogP contribution in [0.15, 0.2) is 72.8 Å². The molecule has 0 atom stereocenters. The largest absolute Gasteiger partial charge is 0.457 e. The number of halogens is 2. The Balaban J connectivity index is 1.99. The van der Waals surface area contributed by atoms with Crippen molar-refractivity contribution < 1.29 is 9.53 Å². The maximum Gasteiger partial charge on any atom is 0.194 e. The van der Waals surface area contributed by atoms with Crippen LogP contribution in [0.25, 0.3) is 0 Å². The van der Waals surface area contributed by atoms with E-state index in [-0.39, 0.29) is 15.8 Å². The first-order valence-electron chi connectivity index (χ1n) is 6.97. The van der Waals surface area contributed by atoms with Crippen LogP contribution in [-0.4, -0.2) is 5.78 Å². The Labute approximate surface area is 144 Å². The molecule has 2 nitrogen and oxygen atoms in total. The fourth-order valence-corrected chi connectivity index (χ4v) is 2.56. The van der Waals surface area contributed by atoms with Crippen LogP contribution in [0, 0.1) is 0 Å². The van der Waals surface area contributed by atoms with Crippen molar-refractivity contribution in [1.82, 2.24) is 0 Å². The number of para-hydroxylation sites is 1. The maximum atomic E-state index is 12.6. The van der Waals surface area contributed by atoms with Crippen LogP contribution in [0.4, 0.5) is 0 Å². The Morgan fingerprint density at radius 3 is 2.04 bits per heavy atom. The minimum Gasteiger partial charge on any atom is -0.457 e. The van der Waals surface area contributed by atoms with Crippen molar-refractivity contribution in [2.75, 3.05) is 0 Å². The van der Waals surface area contributed by atoms with E-state index in [9.17, 15) is 4.79 Å². The van der Waals surface area contributed by atoms with Gasteiger partial charge < -0.3 is 4.74 Å². The molecule has 0 amide bonds. The minimum atomic E-state index is -0.198. The quantitative estimate of drug-likeness (QED) is 0.542. The summed E-state index contributed by atoms with van der Waals surface area (Å²) in [5, 5.41) is 0.500. The molecule has 0 aliphatic rings. The van der Waals surface area contributed by atoms with E-state index in [4.69, 9.17) is 27.9 Å². The SMILES string of the molecule is O=C(c1ccccc1)c1cc(Oc2ccccc2)cc(Cl)c1Cl. The highest BCUT2D eigenvalue weighted by Gasteiger charge is 2.17. The lowest BCUT2D eigenvalue weighted by atomic mass is 10.0. The van der Waals surface area contributed by atoms with E-state index in [0.29, 0.717) is 22.6 Å². The third-order valence-electron chi connectivity index (χ3n) is 3.26. The molecular formula is C19H12Cl2O2. The van der Waals surface area contributed by atoms with E-state index >= 15 is 0 Å². The molecule has 3 rings (SSSR count). The molecular weight excluding hydrogens is 331 g/mol. The monoisotopic (exact) mass is 342 g/mol. The summed E-state index contributed by atoms with van der Waals surface area (Å²) in [6.45, 7) is 0. The molecule has 0 fully saturated rings. The van der Waals surface area contributed by atoms with Gasteiger partial charge in [-0.1, -0.05) is 71.7 Å². The van der Waals surface area contributed by atoms with Gasteiger partial charge in [0.05, 0.1) is 10.0 Å². The molecule has 0 unspecified atom stereocenters. The molecule has 3 aromatic carbocycles. The summed E-state index contributed by atoms with van der Waals surface area (Å²) in [5.41, 5.74) is 0.860. The maximum absolute atomic E-state index is 12.6. The van der Waals surface area contributed by atoms with Gasteiger partial charge in [0.25, 0.3) is 0 Å². The van der Waals surface area contributed by atoms with Crippen LogP contribution in [0.2, 0.25) is 10.0 Å². The van der Waals surface area contributed by atoms with E-state index in [0.717, 1.165) is 0 Å². The summed E-state index contributed by atoms with van der Waals surface area (Å²) in [5.74, 6) is 0.921. The first kappa shape index (κ1) is 15.6. The lowest BCUT2D eigenvalue weighted by Gasteiger charge is -2.10. The Morgan fingerprint density at radius 2 is 1.39 bits per heavy atom. The summed E-state index contributed by atoms with van der Waals surface area (Å²) in [6.07, 6.45) is 0. The molecule has 4 heteroatoms. The molecule has 3 aromatic rings. The van der Waals surface area contributed by atoms with Crippen LogP contribution in [-0.2, 0) is 0 Å². The van der Waals surface area contributed by atoms with Crippen LogP contribution in [0.1, 0.15) is 15.9 Å². The van der Waals surface area contributed by atoms with Crippen LogP contribution >= 0.6 is 23.2 Å². The molecule has 0 heterocycles. The topological polar surface area (TPSA) is 26.3 Å². The Kier molecular flexibility index (Phi) is 4.65. The third-order valence-corrected chi connectivity index (χ3v) is 4.06. The van der Waals surface area contributed by atoms with Gasteiger partial charge in [-0.25, -0.2) is 0 Å². The lowest BCUT2D eigenvalue weighted by Crippen LogP contribution is -2.03. The number of rotatable bonds is 4. The zero-order valence-electron chi connectivity index (χ0n) is 12.0. The first-order chi connectivity index (χ1) is 11.1. The third kappa shape index (κ3) is 3.55. The van der Waals surface area contributed by atoms with Crippen molar-refractivity contribution in [1.29, 1.82) is 0 Å². The fraction of sp³-hybridized carbons (Fsp3) is 0. The van der Waals surface area contributed by atoms with Crippen LogP contribution < -0.4 is 4.74 Å². The van der Waals surface area contributed by atoms with Crippen molar-refractivity contribution in [2.24, 2.45) is 0 Å². The van der Waals surface area contributed by atoms with Gasteiger partial charge in [-0.3, -0.25) is 4.79 Å². The van der Waals surface area contributed by atoms with E-state index in [2.05, 4.69) is 0 Å². The Morgan fingerprint density at radius 1 is 0.783 bits per heavy atom. The summed E-state index contributed by atoms with van der Waals surface area (Å²) < 4.78 is 5.75. The summed E-state index contributed by atoms with van der Waals surface area (Å²) in [6, 6.07) is 21.4. The molecule has 0 aliphatic heterocycles. The van der Waals surface area contributed by atoms with E-state index < -0.39 is 0 Å². The predicted molar refractivity (Wildman–Crippen MR) is 92.9 cm³/mol. The number of carbonyl (C=O) groups is 1. The van der Waals surface area contributed by atoms with Gasteiger partial charge >= 0.3 is 0 Å². The smallest absolute Gasteiger partial charge is 0.194 e. The molecule has 0 saturated carbocycles. The molecule has 0 aliphatic carbocycles. The number of ether oxygens (including phenoxy) is 1. The Bertz CT molecular complexity index is 831. The van der Waals surface area contributed by atoms with Crippen molar-refractivity contribution in [3.63, 3.8) is 0 Å². The van der Waals surface area contributed by atoms with Crippen molar-refractivity contribution in [3.05, 3.63) is 94.0 Å². The second-order valence-corrected chi connectivity index (χ2v) is 5.66. The predicted octanol–water partition coefficient (Wildman–Crippen LogP) is 6.02. The van der Waals surface area contributed by atoms with Gasteiger partial charge in [0.2, 0.25) is 0 Å². The van der Waals surface area contributed by atoms with E-state index in [1.807, 2.05) is 36.4 Å². The molecule has 0 saturated heterocycles. The van der Waals surface area contributed by atoms with Crippen LogP contribution in [0.3, 0.4) is 0 Å². The summed E-state index contributed by atoms with van der Waals surface area (Å²) in [7, 11) is 0. The molecule has 0 N–H and O–H groups in total. The van der Waals surface area contributed by atoms with Gasteiger partial charge in [-0.05, 0) is 18.2 Å². The van der Waals surface area contributed by atoms with Gasteiger partial charge in [-0.2, -0.15) is 0 Å². The first-order valence-corrected chi connectivity index (χ1v) is 7.72. The average molecular weight is 343 g/mol. The zero-order chi connectivity index (χ0) is 16.2. The number of carbonyl (C=O) groups excluding carboxylic acids is 1. The number of hydrogen-bond donors (Lipinski definition) is 0. The van der Waals surface area contributed by atoms with Gasteiger partial charge in [0.15, 0.2) is 5.78 Å². The highest BCUT2D eigenvalue weighted by molar-refractivity contribution is 6.44. The molecule has 0 radical (unpaired) electrons. The summed E-state index contributed by atoms with van der Waals surface area (Å²) in [4.78, 5) is 12.6. The van der Waals surface area contributed by atoms with Crippen molar-refractivity contribution in [3.8, 4) is 11.5 Å². The van der Waals surface area contributed by atoms with Crippen molar-refractivity contribution in [2.45, 2.75) is 0 Å². The fourth-order valence-electron chi connectivity index (χ4n) is 2.16. The zero-order valence-corrected chi connectivity index (χ0v) is 13.5. The second kappa shape index (κ2) is 6.86. The Hall–Kier alpha value is -2.29. The highest BCUT2D eigenvalue weighted by atomic mass is 35.5. The molecule has 23 heavy (non-hydrogen) atoms. The average Bonchev–Trinajstić information content (AvgIpc) is 2.59. The normalized spacial score (nSPS) is 10.3. The van der Waals surface area contributed by atoms with Gasteiger partial charge in [0, 0.05) is 17.2 Å². The molecule has 114 valence electrons. The number of benzene rings is 3. The molecule has 0 spiro atoms. The van der Waals surface area contributed by atoms with Crippen molar-refractivity contribution >= 4 is 29.0 Å². The molecule has 0 bridgehead atoms. The van der Waals surface area contributed by atoms with E-state index in [1.165, 1.54) is 0 Å². The second-order valence-electron chi connectivity index (χ2n) is 4.88. The van der Waals surface area contributed by atoms with Gasteiger partial charge in [-0.15, -0.1) is 0 Å². The number of ketones is 1. The van der Waals surface area contributed by atoms with Gasteiger partial charge in [0.1, 0.15) is 11.5 Å². The minimum absolute atomic E-state index is 0.198. The summed E-state index contributed by atoms with van der Waals surface area (Å²) >= 11 is 12.4. The lowest BCUT2D eigenvalue weighted by molar-refractivity contribution is 0.103. The standard InChI is InChI=1S/C19H12Cl2O2/c20-17-12-15(23-14-9-5-2-6-10-14)11-16(18(17)21)19(22)13-7-3-1-4-8-13/h1-12H. The van der Waals surface area contributed by atoms with Crippen LogP contribution in [0.5, 0.6) is 11.5 Å². The van der Waals surface area contributed by atoms with E-state index in [1.54, 1.807) is 36.4 Å².